The Morgan fingerprint density at radius 1 is 1.05 bits per heavy atom. The lowest BCUT2D eigenvalue weighted by Gasteiger charge is -2.33. The van der Waals surface area contributed by atoms with Crippen molar-refractivity contribution in [2.75, 3.05) is 26.2 Å². The van der Waals surface area contributed by atoms with Crippen LogP contribution in [0, 0.1) is 5.92 Å². The maximum absolute atomic E-state index is 10.3. The van der Waals surface area contributed by atoms with Crippen molar-refractivity contribution in [3.05, 3.63) is 35.9 Å². The Kier molecular flexibility index (Phi) is 5.88. The first-order valence-electron chi connectivity index (χ1n) is 9.00. The van der Waals surface area contributed by atoms with Gasteiger partial charge in [-0.05, 0) is 56.8 Å². The Bertz CT molecular complexity index is 422. The van der Waals surface area contributed by atoms with E-state index in [0.717, 1.165) is 37.2 Å². The maximum Gasteiger partial charge on any atom is 0.0916 e. The van der Waals surface area contributed by atoms with Crippen molar-refractivity contribution in [2.24, 2.45) is 5.92 Å². The van der Waals surface area contributed by atoms with Gasteiger partial charge in [-0.25, -0.2) is 0 Å². The molecule has 0 spiro atoms. The van der Waals surface area contributed by atoms with E-state index < -0.39 is 0 Å². The summed E-state index contributed by atoms with van der Waals surface area (Å²) >= 11 is 0. The second-order valence-corrected chi connectivity index (χ2v) is 7.06. The summed E-state index contributed by atoms with van der Waals surface area (Å²) in [6, 6.07) is 10.8. The van der Waals surface area contributed by atoms with E-state index in [1.165, 1.54) is 45.1 Å². The topological polar surface area (TPSA) is 35.5 Å². The Labute approximate surface area is 134 Å². The molecule has 2 N–H and O–H groups in total. The minimum Gasteiger partial charge on any atom is -0.387 e. The van der Waals surface area contributed by atoms with Gasteiger partial charge >= 0.3 is 0 Å². The van der Waals surface area contributed by atoms with Crippen LogP contribution in [-0.4, -0.2) is 42.2 Å². The van der Waals surface area contributed by atoms with Crippen LogP contribution in [0.3, 0.4) is 0 Å². The molecule has 0 amide bonds. The third-order valence-corrected chi connectivity index (χ3v) is 5.37. The average Bonchev–Trinajstić information content (AvgIpc) is 3.08. The van der Waals surface area contributed by atoms with Crippen molar-refractivity contribution in [3.63, 3.8) is 0 Å². The minimum absolute atomic E-state index is 0.352. The van der Waals surface area contributed by atoms with Crippen LogP contribution in [-0.2, 0) is 0 Å². The van der Waals surface area contributed by atoms with Crippen molar-refractivity contribution in [3.8, 4) is 0 Å². The van der Waals surface area contributed by atoms with Gasteiger partial charge in [-0.1, -0.05) is 43.2 Å². The van der Waals surface area contributed by atoms with Gasteiger partial charge in [0.05, 0.1) is 6.10 Å². The third kappa shape index (κ3) is 4.55. The number of β-amino-alcohol motifs (C(OH)–C–C–N with tert-alkyl or cyclic N) is 1. The van der Waals surface area contributed by atoms with Crippen molar-refractivity contribution in [1.82, 2.24) is 10.2 Å². The number of aliphatic hydroxyl groups is 1. The van der Waals surface area contributed by atoms with E-state index in [2.05, 4.69) is 10.2 Å². The number of piperidine rings is 1. The Morgan fingerprint density at radius 3 is 2.41 bits per heavy atom. The summed E-state index contributed by atoms with van der Waals surface area (Å²) in [6.07, 6.45) is 7.75. The summed E-state index contributed by atoms with van der Waals surface area (Å²) in [6.45, 7) is 4.22. The molecule has 2 fully saturated rings. The number of nitrogens with zero attached hydrogens (tertiary/aromatic N) is 1. The van der Waals surface area contributed by atoms with Gasteiger partial charge in [0.15, 0.2) is 0 Å². The van der Waals surface area contributed by atoms with Crippen LogP contribution in [0.1, 0.15) is 50.2 Å². The van der Waals surface area contributed by atoms with Gasteiger partial charge in [-0.3, -0.25) is 0 Å². The molecule has 22 heavy (non-hydrogen) atoms. The molecule has 2 aliphatic rings. The van der Waals surface area contributed by atoms with E-state index >= 15 is 0 Å². The lowest BCUT2D eigenvalue weighted by atomic mass is 9.95. The van der Waals surface area contributed by atoms with Crippen molar-refractivity contribution in [2.45, 2.75) is 50.7 Å². The van der Waals surface area contributed by atoms with Gasteiger partial charge in [-0.2, -0.15) is 0 Å². The number of hydrogen-bond acceptors (Lipinski definition) is 3. The highest BCUT2D eigenvalue weighted by atomic mass is 16.3. The smallest absolute Gasteiger partial charge is 0.0916 e. The fraction of sp³-hybridized carbons (Fsp3) is 0.684. The minimum atomic E-state index is -0.352. The SMILES string of the molecule is OC(CN1CCC(CNC2CCCC2)CC1)c1ccccc1. The van der Waals surface area contributed by atoms with Crippen molar-refractivity contribution >= 4 is 0 Å². The number of aliphatic hydroxyl groups excluding tert-OH is 1. The number of hydrogen-bond donors (Lipinski definition) is 2. The molecule has 122 valence electrons. The largest absolute Gasteiger partial charge is 0.387 e. The molecular formula is C19H30N2O. The van der Waals surface area contributed by atoms with Gasteiger partial charge < -0.3 is 15.3 Å². The van der Waals surface area contributed by atoms with Crippen molar-refractivity contribution in [1.29, 1.82) is 0 Å². The van der Waals surface area contributed by atoms with Crippen LogP contribution in [0.15, 0.2) is 30.3 Å². The molecule has 1 atom stereocenters. The zero-order valence-electron chi connectivity index (χ0n) is 13.6. The molecule has 1 saturated heterocycles. The summed E-state index contributed by atoms with van der Waals surface area (Å²) in [7, 11) is 0. The van der Waals surface area contributed by atoms with Crippen LogP contribution < -0.4 is 5.32 Å². The molecule has 3 rings (SSSR count). The molecule has 0 aromatic heterocycles. The second-order valence-electron chi connectivity index (χ2n) is 7.06. The first-order valence-corrected chi connectivity index (χ1v) is 9.00. The van der Waals surface area contributed by atoms with Gasteiger partial charge in [0.25, 0.3) is 0 Å². The van der Waals surface area contributed by atoms with Gasteiger partial charge in [0.1, 0.15) is 0 Å². The van der Waals surface area contributed by atoms with Crippen LogP contribution in [0.4, 0.5) is 0 Å². The van der Waals surface area contributed by atoms with Crippen LogP contribution in [0.5, 0.6) is 0 Å². The summed E-state index contributed by atoms with van der Waals surface area (Å²) in [5.41, 5.74) is 1.03. The predicted octanol–water partition coefficient (Wildman–Crippen LogP) is 2.96. The molecule has 1 aromatic rings. The number of likely N-dealkylation sites (tertiary alicyclic amines) is 1. The van der Waals surface area contributed by atoms with E-state index in [1.807, 2.05) is 30.3 Å². The van der Waals surface area contributed by atoms with Crippen LogP contribution >= 0.6 is 0 Å². The summed E-state index contributed by atoms with van der Waals surface area (Å²) in [4.78, 5) is 2.42. The zero-order chi connectivity index (χ0) is 15.2. The third-order valence-electron chi connectivity index (χ3n) is 5.37. The van der Waals surface area contributed by atoms with Gasteiger partial charge in [-0.15, -0.1) is 0 Å². The first-order chi connectivity index (χ1) is 10.8. The molecule has 3 nitrogen and oxygen atoms in total. The Hall–Kier alpha value is -0.900. The van der Waals surface area contributed by atoms with Crippen molar-refractivity contribution < 1.29 is 5.11 Å². The van der Waals surface area contributed by atoms with E-state index in [4.69, 9.17) is 0 Å². The number of benzene rings is 1. The Balaban J connectivity index is 1.36. The lowest BCUT2D eigenvalue weighted by molar-refractivity contribution is 0.0887. The van der Waals surface area contributed by atoms with E-state index in [0.29, 0.717) is 0 Å². The molecule has 3 heteroatoms. The standard InChI is InChI=1S/C19H30N2O/c22-19(17-6-2-1-3-7-17)15-21-12-10-16(11-13-21)14-20-18-8-4-5-9-18/h1-3,6-7,16,18-20,22H,4-5,8-15H2. The van der Waals surface area contributed by atoms with Crippen LogP contribution in [0.2, 0.25) is 0 Å². The highest BCUT2D eigenvalue weighted by Gasteiger charge is 2.22. The average molecular weight is 302 g/mol. The molecule has 1 aliphatic heterocycles. The van der Waals surface area contributed by atoms with Crippen LogP contribution in [0.25, 0.3) is 0 Å². The molecule has 0 radical (unpaired) electrons. The van der Waals surface area contributed by atoms with Gasteiger partial charge in [0, 0.05) is 12.6 Å². The monoisotopic (exact) mass is 302 g/mol. The molecular weight excluding hydrogens is 272 g/mol. The Morgan fingerprint density at radius 2 is 1.73 bits per heavy atom. The molecule has 1 unspecified atom stereocenters. The van der Waals surface area contributed by atoms with E-state index in [-0.39, 0.29) is 6.10 Å². The number of nitrogens with one attached hydrogen (secondary N) is 1. The zero-order valence-corrected chi connectivity index (χ0v) is 13.6. The fourth-order valence-corrected chi connectivity index (χ4v) is 3.86. The van der Waals surface area contributed by atoms with E-state index in [9.17, 15) is 5.11 Å². The lowest BCUT2D eigenvalue weighted by Crippen LogP contribution is -2.40. The molecule has 1 aliphatic carbocycles. The van der Waals surface area contributed by atoms with E-state index in [1.54, 1.807) is 0 Å². The quantitative estimate of drug-likeness (QED) is 0.848. The second kappa shape index (κ2) is 8.09. The maximum atomic E-state index is 10.3. The molecule has 1 heterocycles. The summed E-state index contributed by atoms with van der Waals surface area (Å²) < 4.78 is 0. The molecule has 1 saturated carbocycles. The normalized spacial score (nSPS) is 23.0. The molecule has 1 aromatic carbocycles. The predicted molar refractivity (Wildman–Crippen MR) is 90.8 cm³/mol. The highest BCUT2D eigenvalue weighted by Crippen LogP contribution is 2.22. The highest BCUT2D eigenvalue weighted by molar-refractivity contribution is 5.17. The van der Waals surface area contributed by atoms with Gasteiger partial charge in [0.2, 0.25) is 0 Å². The fourth-order valence-electron chi connectivity index (χ4n) is 3.86. The summed E-state index contributed by atoms with van der Waals surface area (Å²) in [5.74, 6) is 0.825. The summed E-state index contributed by atoms with van der Waals surface area (Å²) in [5, 5.41) is 14.1. The first kappa shape index (κ1) is 16.0. The molecule has 0 bridgehead atoms. The number of rotatable bonds is 6.